The van der Waals surface area contributed by atoms with E-state index in [-0.39, 0.29) is 0 Å². The summed E-state index contributed by atoms with van der Waals surface area (Å²) in [6, 6.07) is 14.1. The van der Waals surface area contributed by atoms with Gasteiger partial charge in [-0.1, -0.05) is 42.5 Å². The molecule has 98 valence electrons. The van der Waals surface area contributed by atoms with Gasteiger partial charge in [-0.3, -0.25) is 10.1 Å². The molecule has 0 amide bonds. The number of rotatable bonds is 5. The summed E-state index contributed by atoms with van der Waals surface area (Å²) >= 11 is 1.53. The van der Waals surface area contributed by atoms with Crippen molar-refractivity contribution >= 4 is 17.4 Å². The molecule has 0 radical (unpaired) electrons. The van der Waals surface area contributed by atoms with Crippen LogP contribution >= 0.6 is 11.8 Å². The first-order valence-electron chi connectivity index (χ1n) is 5.72. The molecule has 0 aromatic heterocycles. The Morgan fingerprint density at radius 1 is 1.05 bits per heavy atom. The van der Waals surface area contributed by atoms with Crippen LogP contribution in [0.4, 0.5) is 10.1 Å². The fourth-order valence-electron chi connectivity index (χ4n) is 1.67. The Labute approximate surface area is 114 Å². The summed E-state index contributed by atoms with van der Waals surface area (Å²) in [7, 11) is 0. The minimum atomic E-state index is -0.729. The summed E-state index contributed by atoms with van der Waals surface area (Å²) in [5.74, 6) is 0.443. The van der Waals surface area contributed by atoms with Crippen LogP contribution in [0.15, 0.2) is 48.5 Å². The Kier molecular flexibility index (Phi) is 4.52. The van der Waals surface area contributed by atoms with Gasteiger partial charge in [0.15, 0.2) is 0 Å². The topological polar surface area (TPSA) is 43.1 Å². The Hall–Kier alpha value is -1.88. The number of nitrogens with zero attached hydrogens (tertiary/aromatic N) is 1. The fraction of sp³-hybridized carbons (Fsp3) is 0.143. The second kappa shape index (κ2) is 6.33. The van der Waals surface area contributed by atoms with Gasteiger partial charge in [-0.15, -0.1) is 0 Å². The largest absolute Gasteiger partial charge is 0.305 e. The first kappa shape index (κ1) is 13.5. The standard InChI is InChI=1S/C14H12FNO2S/c15-14-12(7-4-8-13(14)16(17)18)10-19-9-11-5-2-1-3-6-11/h1-8H,9-10H2. The smallest absolute Gasteiger partial charge is 0.258 e. The zero-order valence-corrected chi connectivity index (χ0v) is 10.9. The van der Waals surface area contributed by atoms with Crippen molar-refractivity contribution < 1.29 is 9.31 Å². The van der Waals surface area contributed by atoms with Crippen LogP contribution < -0.4 is 0 Å². The summed E-state index contributed by atoms with van der Waals surface area (Å²) in [5, 5.41) is 10.6. The molecule has 0 spiro atoms. The molecule has 0 fully saturated rings. The fourth-order valence-corrected chi connectivity index (χ4v) is 2.64. The Bertz CT molecular complexity index is 575. The van der Waals surface area contributed by atoms with E-state index in [2.05, 4.69) is 0 Å². The van der Waals surface area contributed by atoms with Crippen molar-refractivity contribution in [1.29, 1.82) is 0 Å². The lowest BCUT2D eigenvalue weighted by atomic mass is 10.2. The lowest BCUT2D eigenvalue weighted by molar-refractivity contribution is -0.387. The van der Waals surface area contributed by atoms with Crippen molar-refractivity contribution in [2.45, 2.75) is 11.5 Å². The molecular weight excluding hydrogens is 265 g/mol. The quantitative estimate of drug-likeness (QED) is 0.608. The van der Waals surface area contributed by atoms with Crippen molar-refractivity contribution in [2.24, 2.45) is 0 Å². The molecule has 0 atom stereocenters. The van der Waals surface area contributed by atoms with Gasteiger partial charge in [0, 0.05) is 23.1 Å². The van der Waals surface area contributed by atoms with Gasteiger partial charge in [0.1, 0.15) is 0 Å². The number of hydrogen-bond donors (Lipinski definition) is 0. The summed E-state index contributed by atoms with van der Waals surface area (Å²) in [6.07, 6.45) is 0. The first-order valence-corrected chi connectivity index (χ1v) is 6.87. The molecule has 0 heterocycles. The van der Waals surface area contributed by atoms with E-state index >= 15 is 0 Å². The zero-order chi connectivity index (χ0) is 13.7. The van der Waals surface area contributed by atoms with Gasteiger partial charge in [0.2, 0.25) is 5.82 Å². The normalized spacial score (nSPS) is 10.4. The van der Waals surface area contributed by atoms with Crippen LogP contribution in [0.1, 0.15) is 11.1 Å². The second-order valence-corrected chi connectivity index (χ2v) is 4.97. The molecule has 0 bridgehead atoms. The number of thioether (sulfide) groups is 1. The minimum absolute atomic E-state index is 0.370. The van der Waals surface area contributed by atoms with E-state index in [9.17, 15) is 14.5 Å². The molecule has 0 saturated carbocycles. The van der Waals surface area contributed by atoms with Crippen molar-refractivity contribution in [3.8, 4) is 0 Å². The van der Waals surface area contributed by atoms with E-state index in [0.717, 1.165) is 11.3 Å². The van der Waals surface area contributed by atoms with Gasteiger partial charge in [-0.25, -0.2) is 0 Å². The third-order valence-corrected chi connectivity index (χ3v) is 3.68. The number of nitro groups is 1. The first-order chi connectivity index (χ1) is 9.18. The lowest BCUT2D eigenvalue weighted by Gasteiger charge is -2.04. The maximum Gasteiger partial charge on any atom is 0.305 e. The molecule has 0 aliphatic heterocycles. The third kappa shape index (κ3) is 3.54. The third-order valence-electron chi connectivity index (χ3n) is 2.62. The number of hydrogen-bond acceptors (Lipinski definition) is 3. The predicted octanol–water partition coefficient (Wildman–Crippen LogP) is 4.17. The van der Waals surface area contributed by atoms with Crippen molar-refractivity contribution in [2.75, 3.05) is 0 Å². The monoisotopic (exact) mass is 277 g/mol. The summed E-state index contributed by atoms with van der Waals surface area (Å²) in [4.78, 5) is 9.93. The van der Waals surface area contributed by atoms with E-state index in [4.69, 9.17) is 0 Å². The number of benzene rings is 2. The van der Waals surface area contributed by atoms with E-state index in [1.54, 1.807) is 6.07 Å². The van der Waals surface area contributed by atoms with E-state index < -0.39 is 16.4 Å². The van der Waals surface area contributed by atoms with Crippen molar-refractivity contribution in [3.05, 3.63) is 75.6 Å². The molecule has 3 nitrogen and oxygen atoms in total. The average molecular weight is 277 g/mol. The highest BCUT2D eigenvalue weighted by Crippen LogP contribution is 2.25. The van der Waals surface area contributed by atoms with Crippen LogP contribution in [0.5, 0.6) is 0 Å². The summed E-state index contributed by atoms with van der Waals surface area (Å²) < 4.78 is 13.8. The maximum atomic E-state index is 13.8. The second-order valence-electron chi connectivity index (χ2n) is 3.99. The highest BCUT2D eigenvalue weighted by molar-refractivity contribution is 7.97. The molecular formula is C14H12FNO2S. The van der Waals surface area contributed by atoms with Gasteiger partial charge < -0.3 is 0 Å². The SMILES string of the molecule is O=[N+]([O-])c1cccc(CSCc2ccccc2)c1F. The van der Waals surface area contributed by atoms with Crippen LogP contribution in [0.2, 0.25) is 0 Å². The summed E-state index contributed by atoms with van der Waals surface area (Å²) in [5.41, 5.74) is 1.06. The molecule has 0 N–H and O–H groups in total. The van der Waals surface area contributed by atoms with Gasteiger partial charge in [-0.2, -0.15) is 16.2 Å². The molecule has 2 aromatic carbocycles. The minimum Gasteiger partial charge on any atom is -0.258 e. The van der Waals surface area contributed by atoms with E-state index in [1.807, 2.05) is 30.3 Å². The number of halogens is 1. The molecule has 0 aliphatic carbocycles. The predicted molar refractivity (Wildman–Crippen MR) is 74.5 cm³/mol. The highest BCUT2D eigenvalue weighted by Gasteiger charge is 2.16. The van der Waals surface area contributed by atoms with Crippen molar-refractivity contribution in [1.82, 2.24) is 0 Å². The highest BCUT2D eigenvalue weighted by atomic mass is 32.2. The lowest BCUT2D eigenvalue weighted by Crippen LogP contribution is -1.96. The van der Waals surface area contributed by atoms with Crippen LogP contribution in [-0.4, -0.2) is 4.92 Å². The van der Waals surface area contributed by atoms with E-state index in [1.165, 1.54) is 23.9 Å². The molecule has 19 heavy (non-hydrogen) atoms. The molecule has 0 aliphatic rings. The van der Waals surface area contributed by atoms with Crippen molar-refractivity contribution in [3.63, 3.8) is 0 Å². The molecule has 0 unspecified atom stereocenters. The van der Waals surface area contributed by atoms with Gasteiger partial charge >= 0.3 is 5.69 Å². The zero-order valence-electron chi connectivity index (χ0n) is 10.1. The Morgan fingerprint density at radius 2 is 1.79 bits per heavy atom. The summed E-state index contributed by atoms with van der Waals surface area (Å²) in [6.45, 7) is 0. The van der Waals surface area contributed by atoms with Gasteiger partial charge in [-0.05, 0) is 5.56 Å². The van der Waals surface area contributed by atoms with Gasteiger partial charge in [0.25, 0.3) is 0 Å². The van der Waals surface area contributed by atoms with Crippen LogP contribution in [0.25, 0.3) is 0 Å². The van der Waals surface area contributed by atoms with Gasteiger partial charge in [0.05, 0.1) is 4.92 Å². The average Bonchev–Trinajstić information content (AvgIpc) is 2.41. The number of nitro benzene ring substituents is 1. The molecule has 0 saturated heterocycles. The Morgan fingerprint density at radius 3 is 2.47 bits per heavy atom. The maximum absolute atomic E-state index is 13.8. The van der Waals surface area contributed by atoms with E-state index in [0.29, 0.717) is 11.3 Å². The van der Waals surface area contributed by atoms with Crippen LogP contribution in [0.3, 0.4) is 0 Å². The molecule has 2 rings (SSSR count). The molecule has 5 heteroatoms. The van der Waals surface area contributed by atoms with Crippen LogP contribution in [0, 0.1) is 15.9 Å². The van der Waals surface area contributed by atoms with Crippen LogP contribution in [-0.2, 0) is 11.5 Å². The molecule has 2 aromatic rings. The Balaban J connectivity index is 2.00.